The summed E-state index contributed by atoms with van der Waals surface area (Å²) in [6.07, 6.45) is 0. The molecule has 1 aromatic rings. The van der Waals surface area contributed by atoms with Crippen LogP contribution in [0.1, 0.15) is 11.1 Å². The zero-order valence-corrected chi connectivity index (χ0v) is 11.4. The van der Waals surface area contributed by atoms with E-state index in [1.807, 2.05) is 6.07 Å². The first-order valence-corrected chi connectivity index (χ1v) is 6.15. The Morgan fingerprint density at radius 2 is 2.11 bits per heavy atom. The first-order chi connectivity index (χ1) is 8.54. The molecule has 2 rings (SSSR count). The quantitative estimate of drug-likeness (QED) is 0.591. The number of nitriles is 1. The number of aromatic nitrogens is 1. The van der Waals surface area contributed by atoms with Gasteiger partial charge in [0.2, 0.25) is 5.56 Å². The van der Waals surface area contributed by atoms with Crippen molar-refractivity contribution in [1.82, 2.24) is 4.98 Å². The number of aryl methyl sites for hydroxylation is 1. The zero-order valence-electron chi connectivity index (χ0n) is 10.6. The summed E-state index contributed by atoms with van der Waals surface area (Å²) in [6.45, 7) is 5.95. The molecule has 0 aromatic carbocycles. The lowest BCUT2D eigenvalue weighted by Gasteiger charge is -2.18. The van der Waals surface area contributed by atoms with Gasteiger partial charge in [0.25, 0.3) is 0 Å². The summed E-state index contributed by atoms with van der Waals surface area (Å²) in [4.78, 5) is 14.7. The number of H-pyrrole nitrogens is 1. The van der Waals surface area contributed by atoms with Crippen molar-refractivity contribution in [2.24, 2.45) is 0 Å². The molecule has 0 spiro atoms. The van der Waals surface area contributed by atoms with Crippen molar-refractivity contribution in [3.05, 3.63) is 27.5 Å². The molecule has 0 atom stereocenters. The fourth-order valence-corrected chi connectivity index (χ4v) is 1.82. The predicted octanol–water partition coefficient (Wildman–Crippen LogP) is -1.01. The fourth-order valence-electron chi connectivity index (χ4n) is 1.52. The minimum absolute atomic E-state index is 0.220. The van der Waals surface area contributed by atoms with Crippen LogP contribution in [0, 0.1) is 18.3 Å². The first-order valence-electron chi connectivity index (χ1n) is 5.74. The third-order valence-electron chi connectivity index (χ3n) is 2.66. The molecule has 0 radical (unpaired) electrons. The largest absolute Gasteiger partial charge is 0.761 e. The van der Waals surface area contributed by atoms with Crippen molar-refractivity contribution in [1.29, 1.82) is 5.26 Å². The van der Waals surface area contributed by atoms with Crippen molar-refractivity contribution >= 4 is 12.6 Å². The molecule has 2 N–H and O–H groups in total. The second-order valence-electron chi connectivity index (χ2n) is 4.20. The summed E-state index contributed by atoms with van der Waals surface area (Å²) in [5.41, 5.74) is 0.743. The SMILES string of the molecule is C[NH+]1CCOCC1.Cc1cc(=O)[nH]c([S-])c1C#N. The van der Waals surface area contributed by atoms with Crippen LogP contribution < -0.4 is 10.5 Å². The maximum Gasteiger partial charge on any atom is 0.246 e. The van der Waals surface area contributed by atoms with Gasteiger partial charge in [-0.05, 0) is 12.5 Å². The van der Waals surface area contributed by atoms with Gasteiger partial charge >= 0.3 is 0 Å². The van der Waals surface area contributed by atoms with Gasteiger partial charge in [-0.15, -0.1) is 0 Å². The van der Waals surface area contributed by atoms with Gasteiger partial charge in [-0.1, -0.05) is 5.03 Å². The van der Waals surface area contributed by atoms with E-state index in [1.54, 1.807) is 11.8 Å². The number of nitrogens with zero attached hydrogens (tertiary/aromatic N) is 1. The number of aromatic amines is 1. The number of pyridine rings is 1. The van der Waals surface area contributed by atoms with Crippen LogP contribution in [0.5, 0.6) is 0 Å². The lowest BCUT2D eigenvalue weighted by molar-refractivity contribution is -0.888. The van der Waals surface area contributed by atoms with E-state index >= 15 is 0 Å². The Morgan fingerprint density at radius 3 is 2.50 bits per heavy atom. The number of ether oxygens (including phenoxy) is 1. The van der Waals surface area contributed by atoms with Crippen LogP contribution in [0.4, 0.5) is 0 Å². The van der Waals surface area contributed by atoms with E-state index in [4.69, 9.17) is 22.6 Å². The van der Waals surface area contributed by atoms with Gasteiger partial charge < -0.3 is 27.2 Å². The number of likely N-dealkylation sites (N-methyl/N-ethyl adjacent to an activating group) is 1. The average molecular weight is 267 g/mol. The molecule has 1 aliphatic rings. The van der Waals surface area contributed by atoms with Crippen LogP contribution in [-0.2, 0) is 17.4 Å². The van der Waals surface area contributed by atoms with Crippen molar-refractivity contribution < 1.29 is 9.64 Å². The van der Waals surface area contributed by atoms with Crippen molar-refractivity contribution in [3.63, 3.8) is 0 Å². The molecular weight excluding hydrogens is 250 g/mol. The van der Waals surface area contributed by atoms with Crippen LogP contribution in [0.3, 0.4) is 0 Å². The van der Waals surface area contributed by atoms with E-state index in [0.29, 0.717) is 11.1 Å². The maximum absolute atomic E-state index is 10.7. The molecule has 6 heteroatoms. The highest BCUT2D eigenvalue weighted by Gasteiger charge is 2.05. The van der Waals surface area contributed by atoms with Crippen LogP contribution in [0.2, 0.25) is 0 Å². The maximum atomic E-state index is 10.7. The van der Waals surface area contributed by atoms with E-state index < -0.39 is 0 Å². The Balaban J connectivity index is 0.000000199. The van der Waals surface area contributed by atoms with E-state index in [-0.39, 0.29) is 10.6 Å². The predicted molar refractivity (Wildman–Crippen MR) is 69.6 cm³/mol. The zero-order chi connectivity index (χ0) is 13.5. The van der Waals surface area contributed by atoms with Crippen LogP contribution in [-0.4, -0.2) is 38.3 Å². The summed E-state index contributed by atoms with van der Waals surface area (Å²) in [5, 5.41) is 8.77. The number of hydrogen-bond acceptors (Lipinski definition) is 4. The summed E-state index contributed by atoms with van der Waals surface area (Å²) >= 11 is 4.75. The van der Waals surface area contributed by atoms with Crippen molar-refractivity contribution in [2.75, 3.05) is 33.4 Å². The lowest BCUT2D eigenvalue weighted by atomic mass is 10.2. The molecule has 1 aromatic heterocycles. The first kappa shape index (κ1) is 14.6. The Morgan fingerprint density at radius 1 is 1.50 bits per heavy atom. The summed E-state index contributed by atoms with van der Waals surface area (Å²) in [5.74, 6) is 0. The molecule has 1 aliphatic heterocycles. The summed E-state index contributed by atoms with van der Waals surface area (Å²) in [6, 6.07) is 3.27. The number of morpholine rings is 1. The second-order valence-corrected chi connectivity index (χ2v) is 4.61. The molecule has 1 fully saturated rings. The minimum atomic E-state index is -0.258. The number of rotatable bonds is 0. The monoisotopic (exact) mass is 267 g/mol. The van der Waals surface area contributed by atoms with Gasteiger partial charge in [0.05, 0.1) is 31.9 Å². The number of hydrogen-bond donors (Lipinski definition) is 2. The van der Waals surface area contributed by atoms with E-state index in [0.717, 1.165) is 13.2 Å². The molecule has 1 saturated heterocycles. The van der Waals surface area contributed by atoms with Gasteiger partial charge in [-0.3, -0.25) is 4.79 Å². The fraction of sp³-hybridized carbons (Fsp3) is 0.500. The van der Waals surface area contributed by atoms with E-state index in [9.17, 15) is 4.79 Å². The van der Waals surface area contributed by atoms with Crippen LogP contribution >= 0.6 is 0 Å². The number of quaternary nitrogens is 1. The Kier molecular flexibility index (Phi) is 5.78. The van der Waals surface area contributed by atoms with Gasteiger partial charge in [-0.25, -0.2) is 0 Å². The molecule has 0 aliphatic carbocycles. The summed E-state index contributed by atoms with van der Waals surface area (Å²) < 4.78 is 5.12. The van der Waals surface area contributed by atoms with E-state index in [2.05, 4.69) is 12.0 Å². The normalized spacial score (nSPS) is 15.4. The molecule has 0 amide bonds. The lowest BCUT2D eigenvalue weighted by Crippen LogP contribution is -3.11. The van der Waals surface area contributed by atoms with Gasteiger partial charge in [0, 0.05) is 6.07 Å². The molecule has 2 heterocycles. The topological polar surface area (TPSA) is 70.3 Å². The molecule has 98 valence electrons. The smallest absolute Gasteiger partial charge is 0.246 e. The molecule has 0 unspecified atom stereocenters. The molecule has 5 nitrogen and oxygen atoms in total. The molecular formula is C12H17N3O2S. The Bertz CT molecular complexity index is 461. The third kappa shape index (κ3) is 4.45. The third-order valence-corrected chi connectivity index (χ3v) is 2.97. The van der Waals surface area contributed by atoms with Crippen molar-refractivity contribution in [3.8, 4) is 6.07 Å². The van der Waals surface area contributed by atoms with Crippen LogP contribution in [0.15, 0.2) is 15.9 Å². The van der Waals surface area contributed by atoms with E-state index in [1.165, 1.54) is 19.2 Å². The highest BCUT2D eigenvalue weighted by Crippen LogP contribution is 2.05. The highest BCUT2D eigenvalue weighted by atomic mass is 32.1. The highest BCUT2D eigenvalue weighted by molar-refractivity contribution is 7.58. The molecule has 0 bridgehead atoms. The molecule has 18 heavy (non-hydrogen) atoms. The second kappa shape index (κ2) is 7.11. The Labute approximate surface area is 112 Å². The number of nitrogens with one attached hydrogen (secondary N) is 2. The minimum Gasteiger partial charge on any atom is -0.761 e. The molecule has 0 saturated carbocycles. The van der Waals surface area contributed by atoms with Gasteiger partial charge in [0.1, 0.15) is 13.1 Å². The Hall–Kier alpha value is -1.42. The van der Waals surface area contributed by atoms with Crippen LogP contribution in [0.25, 0.3) is 0 Å². The van der Waals surface area contributed by atoms with Gasteiger partial charge in [0.15, 0.2) is 0 Å². The van der Waals surface area contributed by atoms with Gasteiger partial charge in [-0.2, -0.15) is 5.26 Å². The standard InChI is InChI=1S/C7H6N2OS.C5H11NO/c1-4-2-6(10)9-7(11)5(4)3-8;1-6-2-4-7-5-3-6/h2H,1H3,(H2,9,10,11);2-5H2,1H3. The summed E-state index contributed by atoms with van der Waals surface area (Å²) in [7, 11) is 2.20. The average Bonchev–Trinajstić information content (AvgIpc) is 2.30. The van der Waals surface area contributed by atoms with Crippen molar-refractivity contribution in [2.45, 2.75) is 11.9 Å².